The summed E-state index contributed by atoms with van der Waals surface area (Å²) in [5.74, 6) is 1.64. The molecule has 0 aliphatic carbocycles. The Kier molecular flexibility index (Phi) is 5.57. The van der Waals surface area contributed by atoms with Gasteiger partial charge in [0.2, 0.25) is 0 Å². The van der Waals surface area contributed by atoms with E-state index in [1.807, 2.05) is 54.6 Å². The Morgan fingerprint density at radius 3 is 2.43 bits per heavy atom. The predicted octanol–water partition coefficient (Wildman–Crippen LogP) is 5.28. The molecule has 0 fully saturated rings. The number of ether oxygens (including phenoxy) is 3. The topological polar surface area (TPSA) is 69.9 Å². The van der Waals surface area contributed by atoms with Crippen LogP contribution in [0.2, 0.25) is 0 Å². The number of methoxy groups -OCH3 is 2. The Balaban J connectivity index is 1.65. The van der Waals surface area contributed by atoms with Gasteiger partial charge in [0.1, 0.15) is 29.4 Å². The minimum absolute atomic E-state index is 0.198. The van der Waals surface area contributed by atoms with E-state index >= 15 is 0 Å². The molecule has 0 atom stereocenters. The number of nitrogens with one attached hydrogen (secondary N) is 1. The van der Waals surface area contributed by atoms with E-state index < -0.39 is 0 Å². The number of carbonyl (C=O) groups is 1. The van der Waals surface area contributed by atoms with Crippen LogP contribution in [0.5, 0.6) is 17.2 Å². The molecule has 0 radical (unpaired) electrons. The number of anilines is 1. The van der Waals surface area contributed by atoms with Crippen LogP contribution in [0.1, 0.15) is 16.1 Å². The van der Waals surface area contributed by atoms with Crippen LogP contribution in [-0.2, 0) is 6.61 Å². The van der Waals surface area contributed by atoms with Gasteiger partial charge in [-0.3, -0.25) is 4.79 Å². The number of rotatable bonds is 7. The molecule has 0 bridgehead atoms. The molecule has 0 saturated carbocycles. The Hall–Kier alpha value is -3.93. The highest BCUT2D eigenvalue weighted by Gasteiger charge is 2.22. The minimum atomic E-state index is -0.388. The first-order valence-electron chi connectivity index (χ1n) is 9.41. The second-order valence-corrected chi connectivity index (χ2v) is 6.53. The molecule has 1 amide bonds. The van der Waals surface area contributed by atoms with Crippen LogP contribution < -0.4 is 19.5 Å². The Labute approximate surface area is 174 Å². The van der Waals surface area contributed by atoms with Crippen LogP contribution in [0.4, 0.5) is 5.69 Å². The summed E-state index contributed by atoms with van der Waals surface area (Å²) in [6, 6.07) is 22.1. The first-order valence-corrected chi connectivity index (χ1v) is 9.41. The predicted molar refractivity (Wildman–Crippen MR) is 114 cm³/mol. The molecule has 1 heterocycles. The van der Waals surface area contributed by atoms with Gasteiger partial charge in [-0.15, -0.1) is 0 Å². The summed E-state index contributed by atoms with van der Waals surface area (Å²) in [6.07, 6.45) is 0. The molecule has 0 saturated heterocycles. The molecule has 6 nitrogen and oxygen atoms in total. The zero-order chi connectivity index (χ0) is 20.9. The largest absolute Gasteiger partial charge is 0.497 e. The van der Waals surface area contributed by atoms with E-state index in [9.17, 15) is 4.79 Å². The van der Waals surface area contributed by atoms with Crippen molar-refractivity contribution >= 4 is 22.6 Å². The average Bonchev–Trinajstić information content (AvgIpc) is 3.17. The van der Waals surface area contributed by atoms with Crippen LogP contribution in [0.15, 0.2) is 77.2 Å². The maximum atomic E-state index is 13.1. The third kappa shape index (κ3) is 3.93. The van der Waals surface area contributed by atoms with Crippen molar-refractivity contribution < 1.29 is 23.4 Å². The summed E-state index contributed by atoms with van der Waals surface area (Å²) >= 11 is 0. The van der Waals surface area contributed by atoms with Gasteiger partial charge >= 0.3 is 0 Å². The van der Waals surface area contributed by atoms with Crippen molar-refractivity contribution in [1.29, 1.82) is 0 Å². The average molecular weight is 403 g/mol. The van der Waals surface area contributed by atoms with Gasteiger partial charge in [0.05, 0.1) is 19.9 Å². The molecule has 0 aliphatic heterocycles. The standard InChI is InChI=1S/C24H21NO5/c1-27-17-12-13-20(22(14-17)28-2)25-24(26)23-19(15-29-16-8-4-3-5-9-16)18-10-6-7-11-21(18)30-23/h3-14H,15H2,1-2H3,(H,25,26). The Bertz CT molecular complexity index is 1170. The Morgan fingerprint density at radius 1 is 0.900 bits per heavy atom. The van der Waals surface area contributed by atoms with Gasteiger partial charge in [-0.2, -0.15) is 0 Å². The summed E-state index contributed by atoms with van der Waals surface area (Å²) in [6.45, 7) is 0.198. The third-order valence-electron chi connectivity index (χ3n) is 4.69. The highest BCUT2D eigenvalue weighted by molar-refractivity contribution is 6.07. The van der Waals surface area contributed by atoms with E-state index in [-0.39, 0.29) is 18.3 Å². The number of para-hydroxylation sites is 2. The second-order valence-electron chi connectivity index (χ2n) is 6.53. The molecule has 0 unspecified atom stereocenters. The number of amides is 1. The van der Waals surface area contributed by atoms with Crippen molar-refractivity contribution in [3.05, 3.63) is 84.1 Å². The molecule has 1 N–H and O–H groups in total. The lowest BCUT2D eigenvalue weighted by molar-refractivity contribution is 0.0995. The minimum Gasteiger partial charge on any atom is -0.497 e. The van der Waals surface area contributed by atoms with Crippen LogP contribution in [-0.4, -0.2) is 20.1 Å². The van der Waals surface area contributed by atoms with E-state index in [1.165, 1.54) is 7.11 Å². The Morgan fingerprint density at radius 2 is 1.67 bits per heavy atom. The molecular formula is C24H21NO5. The zero-order valence-electron chi connectivity index (χ0n) is 16.7. The molecule has 0 aliphatic rings. The van der Waals surface area contributed by atoms with Crippen molar-refractivity contribution in [1.82, 2.24) is 0 Å². The smallest absolute Gasteiger partial charge is 0.291 e. The van der Waals surface area contributed by atoms with Crippen molar-refractivity contribution in [2.45, 2.75) is 6.61 Å². The fourth-order valence-corrected chi connectivity index (χ4v) is 3.18. The fraction of sp³-hybridized carbons (Fsp3) is 0.125. The van der Waals surface area contributed by atoms with Crippen molar-refractivity contribution in [2.75, 3.05) is 19.5 Å². The first-order chi connectivity index (χ1) is 14.7. The maximum Gasteiger partial charge on any atom is 0.291 e. The van der Waals surface area contributed by atoms with E-state index in [0.717, 1.165) is 5.39 Å². The second kappa shape index (κ2) is 8.61. The lowest BCUT2D eigenvalue weighted by Crippen LogP contribution is -2.14. The molecule has 30 heavy (non-hydrogen) atoms. The number of furan rings is 1. The normalized spacial score (nSPS) is 10.6. The van der Waals surface area contributed by atoms with Crippen molar-refractivity contribution in [2.24, 2.45) is 0 Å². The summed E-state index contributed by atoms with van der Waals surface area (Å²) in [5, 5.41) is 3.69. The molecule has 4 aromatic rings. The highest BCUT2D eigenvalue weighted by Crippen LogP contribution is 2.32. The number of carbonyl (C=O) groups excluding carboxylic acids is 1. The lowest BCUT2D eigenvalue weighted by Gasteiger charge is -2.12. The van der Waals surface area contributed by atoms with Crippen LogP contribution >= 0.6 is 0 Å². The third-order valence-corrected chi connectivity index (χ3v) is 4.69. The molecule has 1 aromatic heterocycles. The van der Waals surface area contributed by atoms with Gasteiger partial charge in [-0.05, 0) is 30.3 Å². The summed E-state index contributed by atoms with van der Waals surface area (Å²) in [7, 11) is 3.10. The highest BCUT2D eigenvalue weighted by atomic mass is 16.5. The molecule has 6 heteroatoms. The quantitative estimate of drug-likeness (QED) is 0.455. The molecule has 152 valence electrons. The fourth-order valence-electron chi connectivity index (χ4n) is 3.18. The maximum absolute atomic E-state index is 13.1. The van der Waals surface area contributed by atoms with Crippen LogP contribution in [0.25, 0.3) is 11.0 Å². The van der Waals surface area contributed by atoms with Gasteiger partial charge < -0.3 is 23.9 Å². The number of hydrogen-bond donors (Lipinski definition) is 1. The monoisotopic (exact) mass is 403 g/mol. The first kappa shape index (κ1) is 19.4. The van der Waals surface area contributed by atoms with Gasteiger partial charge in [0, 0.05) is 17.0 Å². The number of benzene rings is 3. The van der Waals surface area contributed by atoms with Gasteiger partial charge in [0.25, 0.3) is 5.91 Å². The molecular weight excluding hydrogens is 382 g/mol. The molecule has 0 spiro atoms. The van der Waals surface area contributed by atoms with Gasteiger partial charge in [-0.25, -0.2) is 0 Å². The number of fused-ring (bicyclic) bond motifs is 1. The van der Waals surface area contributed by atoms with Crippen LogP contribution in [0.3, 0.4) is 0 Å². The van der Waals surface area contributed by atoms with Crippen LogP contribution in [0, 0.1) is 0 Å². The number of hydrogen-bond acceptors (Lipinski definition) is 5. The van der Waals surface area contributed by atoms with Crippen molar-refractivity contribution in [3.63, 3.8) is 0 Å². The SMILES string of the molecule is COc1ccc(NC(=O)c2oc3ccccc3c2COc2ccccc2)c(OC)c1. The molecule has 3 aromatic carbocycles. The summed E-state index contributed by atoms with van der Waals surface area (Å²) in [5.41, 5.74) is 1.81. The van der Waals surface area contributed by atoms with E-state index in [0.29, 0.717) is 34.1 Å². The van der Waals surface area contributed by atoms with E-state index in [4.69, 9.17) is 18.6 Å². The molecule has 4 rings (SSSR count). The van der Waals surface area contributed by atoms with Gasteiger partial charge in [-0.1, -0.05) is 36.4 Å². The van der Waals surface area contributed by atoms with E-state index in [2.05, 4.69) is 5.32 Å². The van der Waals surface area contributed by atoms with Gasteiger partial charge in [0.15, 0.2) is 5.76 Å². The summed E-state index contributed by atoms with van der Waals surface area (Å²) < 4.78 is 22.4. The van der Waals surface area contributed by atoms with E-state index in [1.54, 1.807) is 25.3 Å². The lowest BCUT2D eigenvalue weighted by atomic mass is 10.1. The zero-order valence-corrected chi connectivity index (χ0v) is 16.7. The summed E-state index contributed by atoms with van der Waals surface area (Å²) in [4.78, 5) is 13.1. The van der Waals surface area contributed by atoms with Crippen molar-refractivity contribution in [3.8, 4) is 17.2 Å².